The van der Waals surface area contributed by atoms with Crippen molar-refractivity contribution in [2.45, 2.75) is 13.5 Å². The molecule has 1 aromatic heterocycles. The monoisotopic (exact) mass is 349 g/mol. The van der Waals surface area contributed by atoms with E-state index >= 15 is 0 Å². The minimum Gasteiger partial charge on any atom is -0.346 e. The van der Waals surface area contributed by atoms with Gasteiger partial charge >= 0.3 is 0 Å². The zero-order valence-electron chi connectivity index (χ0n) is 11.2. The maximum atomic E-state index is 12.0. The van der Waals surface area contributed by atoms with Crippen LogP contribution in [-0.2, 0) is 6.54 Å². The van der Waals surface area contributed by atoms with Crippen LogP contribution in [0.3, 0.4) is 0 Å². The molecule has 2 aromatic rings. The Labute approximate surface area is 129 Å². The largest absolute Gasteiger partial charge is 0.346 e. The van der Waals surface area contributed by atoms with Gasteiger partial charge in [0.25, 0.3) is 11.6 Å². The van der Waals surface area contributed by atoms with Gasteiger partial charge in [0.15, 0.2) is 0 Å². The molecule has 0 unspecified atom stereocenters. The minimum atomic E-state index is -0.539. The van der Waals surface area contributed by atoms with E-state index in [4.69, 9.17) is 0 Å². The number of nitro benzene ring substituents is 1. The molecule has 0 atom stereocenters. The Morgan fingerprint density at radius 3 is 2.81 bits per heavy atom. The second-order valence-electron chi connectivity index (χ2n) is 4.38. The van der Waals surface area contributed by atoms with E-state index in [0.29, 0.717) is 4.47 Å². The number of hydrogen-bond donors (Lipinski definition) is 1. The van der Waals surface area contributed by atoms with Crippen LogP contribution in [0.15, 0.2) is 40.9 Å². The molecule has 0 aliphatic rings. The van der Waals surface area contributed by atoms with Crippen LogP contribution in [0.1, 0.15) is 21.7 Å². The molecule has 21 heavy (non-hydrogen) atoms. The van der Waals surface area contributed by atoms with Crippen LogP contribution in [0.25, 0.3) is 0 Å². The SMILES string of the molecule is Cc1cccc(CNC(=O)c2ccc(Br)c([N+](=O)[O-])c2)n1. The van der Waals surface area contributed by atoms with Crippen LogP contribution in [0.2, 0.25) is 0 Å². The standard InChI is InChI=1S/C14H12BrN3O3/c1-9-3-2-4-11(17-9)8-16-14(19)10-5-6-12(15)13(7-10)18(20)21/h2-7H,8H2,1H3,(H,16,19). The third kappa shape index (κ3) is 3.85. The molecule has 0 saturated carbocycles. The Balaban J connectivity index is 2.10. The summed E-state index contributed by atoms with van der Waals surface area (Å²) in [5, 5.41) is 13.5. The number of carbonyl (C=O) groups excluding carboxylic acids is 1. The molecule has 0 radical (unpaired) electrons. The number of rotatable bonds is 4. The van der Waals surface area contributed by atoms with Crippen LogP contribution < -0.4 is 5.32 Å². The molecule has 6 nitrogen and oxygen atoms in total. The highest BCUT2D eigenvalue weighted by molar-refractivity contribution is 9.10. The predicted molar refractivity (Wildman–Crippen MR) is 80.9 cm³/mol. The molecule has 1 aromatic carbocycles. The van der Waals surface area contributed by atoms with Crippen molar-refractivity contribution in [3.05, 3.63) is 67.9 Å². The van der Waals surface area contributed by atoms with Crippen LogP contribution in [0, 0.1) is 17.0 Å². The molecule has 1 heterocycles. The number of benzene rings is 1. The molecular formula is C14H12BrN3O3. The Bertz CT molecular complexity index is 704. The smallest absolute Gasteiger partial charge is 0.284 e. The summed E-state index contributed by atoms with van der Waals surface area (Å²) in [5.74, 6) is -0.381. The fourth-order valence-electron chi connectivity index (χ4n) is 1.76. The summed E-state index contributed by atoms with van der Waals surface area (Å²) >= 11 is 3.08. The molecule has 0 saturated heterocycles. The highest BCUT2D eigenvalue weighted by Gasteiger charge is 2.15. The van der Waals surface area contributed by atoms with E-state index in [1.807, 2.05) is 19.1 Å². The number of carbonyl (C=O) groups is 1. The van der Waals surface area contributed by atoms with Crippen molar-refractivity contribution < 1.29 is 9.72 Å². The van der Waals surface area contributed by atoms with Gasteiger partial charge in [-0.1, -0.05) is 6.07 Å². The van der Waals surface area contributed by atoms with Gasteiger partial charge < -0.3 is 5.32 Å². The molecule has 7 heteroatoms. The number of halogens is 1. The first-order valence-corrected chi connectivity index (χ1v) is 6.91. The quantitative estimate of drug-likeness (QED) is 0.679. The average Bonchev–Trinajstić information content (AvgIpc) is 2.45. The zero-order valence-corrected chi connectivity index (χ0v) is 12.8. The Morgan fingerprint density at radius 1 is 1.38 bits per heavy atom. The number of hydrogen-bond acceptors (Lipinski definition) is 4. The first kappa shape index (κ1) is 15.1. The van der Waals surface area contributed by atoms with Gasteiger partial charge in [0.05, 0.1) is 21.6 Å². The Morgan fingerprint density at radius 2 is 2.14 bits per heavy atom. The Hall–Kier alpha value is -2.28. The van der Waals surface area contributed by atoms with Gasteiger partial charge in [-0.05, 0) is 47.1 Å². The molecule has 0 bridgehead atoms. The highest BCUT2D eigenvalue weighted by Crippen LogP contribution is 2.25. The van der Waals surface area contributed by atoms with E-state index < -0.39 is 4.92 Å². The number of nitrogens with zero attached hydrogens (tertiary/aromatic N) is 2. The molecule has 0 aliphatic carbocycles. The zero-order chi connectivity index (χ0) is 15.4. The molecule has 0 spiro atoms. The van der Waals surface area contributed by atoms with Gasteiger partial charge in [-0.2, -0.15) is 0 Å². The van der Waals surface area contributed by atoms with Crippen molar-refractivity contribution in [2.24, 2.45) is 0 Å². The summed E-state index contributed by atoms with van der Waals surface area (Å²) < 4.78 is 0.337. The van der Waals surface area contributed by atoms with Gasteiger partial charge in [-0.3, -0.25) is 19.9 Å². The maximum Gasteiger partial charge on any atom is 0.284 e. The van der Waals surface area contributed by atoms with Crippen molar-refractivity contribution in [1.29, 1.82) is 0 Å². The van der Waals surface area contributed by atoms with Gasteiger partial charge in [0.1, 0.15) is 0 Å². The first-order chi connectivity index (χ1) is 9.97. The van der Waals surface area contributed by atoms with Crippen LogP contribution in [-0.4, -0.2) is 15.8 Å². The van der Waals surface area contributed by atoms with Crippen molar-refractivity contribution in [2.75, 3.05) is 0 Å². The lowest BCUT2D eigenvalue weighted by Gasteiger charge is -2.06. The normalized spacial score (nSPS) is 10.2. The number of aryl methyl sites for hydroxylation is 1. The number of amides is 1. The second-order valence-corrected chi connectivity index (χ2v) is 5.23. The van der Waals surface area contributed by atoms with Crippen molar-refractivity contribution in [1.82, 2.24) is 10.3 Å². The van der Waals surface area contributed by atoms with Crippen molar-refractivity contribution >= 4 is 27.5 Å². The van der Waals surface area contributed by atoms with Gasteiger partial charge in [-0.15, -0.1) is 0 Å². The topological polar surface area (TPSA) is 85.1 Å². The number of aromatic nitrogens is 1. The lowest BCUT2D eigenvalue weighted by molar-refractivity contribution is -0.385. The third-order valence-corrected chi connectivity index (χ3v) is 3.45. The van der Waals surface area contributed by atoms with Gasteiger partial charge in [0, 0.05) is 17.3 Å². The number of nitrogens with one attached hydrogen (secondary N) is 1. The summed E-state index contributed by atoms with van der Waals surface area (Å²) in [6, 6.07) is 9.77. The molecule has 1 N–H and O–H groups in total. The van der Waals surface area contributed by atoms with E-state index in [-0.39, 0.29) is 23.7 Å². The van der Waals surface area contributed by atoms with Crippen LogP contribution in [0.4, 0.5) is 5.69 Å². The van der Waals surface area contributed by atoms with E-state index in [2.05, 4.69) is 26.2 Å². The number of nitro groups is 1. The lowest BCUT2D eigenvalue weighted by atomic mass is 10.2. The van der Waals surface area contributed by atoms with Crippen molar-refractivity contribution in [3.8, 4) is 0 Å². The summed E-state index contributed by atoms with van der Waals surface area (Å²) in [7, 11) is 0. The lowest BCUT2D eigenvalue weighted by Crippen LogP contribution is -2.23. The van der Waals surface area contributed by atoms with Crippen LogP contribution >= 0.6 is 15.9 Å². The summed E-state index contributed by atoms with van der Waals surface area (Å²) in [6.07, 6.45) is 0. The van der Waals surface area contributed by atoms with Gasteiger partial charge in [-0.25, -0.2) is 0 Å². The molecule has 2 rings (SSSR count). The fraction of sp³-hybridized carbons (Fsp3) is 0.143. The van der Waals surface area contributed by atoms with Gasteiger partial charge in [0.2, 0.25) is 0 Å². The summed E-state index contributed by atoms with van der Waals surface area (Å²) in [6.45, 7) is 2.13. The molecule has 0 aliphatic heterocycles. The van der Waals surface area contributed by atoms with E-state index in [0.717, 1.165) is 11.4 Å². The second kappa shape index (κ2) is 6.45. The molecule has 108 valence electrons. The third-order valence-electron chi connectivity index (χ3n) is 2.78. The molecule has 0 fully saturated rings. The Kier molecular flexibility index (Phi) is 4.64. The number of pyridine rings is 1. The van der Waals surface area contributed by atoms with E-state index in [1.165, 1.54) is 18.2 Å². The first-order valence-electron chi connectivity index (χ1n) is 6.12. The fourth-order valence-corrected chi connectivity index (χ4v) is 2.16. The molecular weight excluding hydrogens is 338 g/mol. The average molecular weight is 350 g/mol. The van der Waals surface area contributed by atoms with Crippen LogP contribution in [0.5, 0.6) is 0 Å². The highest BCUT2D eigenvalue weighted by atomic mass is 79.9. The summed E-state index contributed by atoms with van der Waals surface area (Å²) in [4.78, 5) is 26.6. The summed E-state index contributed by atoms with van der Waals surface area (Å²) in [5.41, 5.74) is 1.69. The predicted octanol–water partition coefficient (Wildman–Crippen LogP) is 2.99. The van der Waals surface area contributed by atoms with Crippen molar-refractivity contribution in [3.63, 3.8) is 0 Å². The van der Waals surface area contributed by atoms with E-state index in [9.17, 15) is 14.9 Å². The molecule has 1 amide bonds. The van der Waals surface area contributed by atoms with E-state index in [1.54, 1.807) is 6.07 Å². The maximum absolute atomic E-state index is 12.0. The minimum absolute atomic E-state index is 0.142.